The summed E-state index contributed by atoms with van der Waals surface area (Å²) < 4.78 is 14.5. The average molecular weight is 461 g/mol. The van der Waals surface area contributed by atoms with Crippen LogP contribution in [0.15, 0.2) is 53.0 Å². The first-order valence-electron chi connectivity index (χ1n) is 10.4. The lowest BCUT2D eigenvalue weighted by Crippen LogP contribution is -2.31. The maximum Gasteiger partial charge on any atom is 0.252 e. The number of rotatable bonds is 7. The third-order valence-corrected chi connectivity index (χ3v) is 6.73. The van der Waals surface area contributed by atoms with Gasteiger partial charge in [-0.2, -0.15) is 0 Å². The molecule has 29 heavy (non-hydrogen) atoms. The molecule has 156 valence electrons. The van der Waals surface area contributed by atoms with Gasteiger partial charge in [-0.3, -0.25) is 4.79 Å². The second-order valence-corrected chi connectivity index (χ2v) is 9.12. The molecule has 1 fully saturated rings. The van der Waals surface area contributed by atoms with Crippen molar-refractivity contribution in [3.63, 3.8) is 0 Å². The first-order chi connectivity index (χ1) is 14.0. The molecule has 2 aromatic rings. The number of amides is 1. The van der Waals surface area contributed by atoms with Gasteiger partial charge >= 0.3 is 0 Å². The number of carbonyl (C=O) groups excluding carboxylic acids is 1. The Kier molecular flexibility index (Phi) is 7.84. The number of nitrogens with one attached hydrogen (secondary N) is 1. The highest BCUT2D eigenvalue weighted by atomic mass is 79.9. The van der Waals surface area contributed by atoms with Crippen LogP contribution in [0.5, 0.6) is 0 Å². The number of benzene rings is 2. The summed E-state index contributed by atoms with van der Waals surface area (Å²) in [6, 6.07) is 14.8. The van der Waals surface area contributed by atoms with E-state index in [1.54, 1.807) is 12.1 Å². The quantitative estimate of drug-likeness (QED) is 0.564. The molecule has 0 saturated heterocycles. The zero-order valence-electron chi connectivity index (χ0n) is 17.2. The van der Waals surface area contributed by atoms with Gasteiger partial charge in [0.05, 0.1) is 5.56 Å². The molecule has 1 N–H and O–H groups in total. The highest BCUT2D eigenvalue weighted by Crippen LogP contribution is 2.40. The minimum atomic E-state index is -0.163. The van der Waals surface area contributed by atoms with Gasteiger partial charge in [0.1, 0.15) is 5.82 Å². The highest BCUT2D eigenvalue weighted by Gasteiger charge is 2.30. The Morgan fingerprint density at radius 3 is 2.52 bits per heavy atom. The fraction of sp³-hybridized carbons (Fsp3) is 0.458. The van der Waals surface area contributed by atoms with Crippen molar-refractivity contribution in [2.45, 2.75) is 38.1 Å². The second kappa shape index (κ2) is 10.4. The largest absolute Gasteiger partial charge is 0.352 e. The van der Waals surface area contributed by atoms with Crippen LogP contribution in [0.2, 0.25) is 0 Å². The maximum absolute atomic E-state index is 13.7. The molecular formula is C24H30BrFN2O. The summed E-state index contributed by atoms with van der Waals surface area (Å²) >= 11 is 3.43. The van der Waals surface area contributed by atoms with Crippen LogP contribution in [0.25, 0.3) is 0 Å². The van der Waals surface area contributed by atoms with Gasteiger partial charge in [0.2, 0.25) is 0 Å². The van der Waals surface area contributed by atoms with E-state index in [1.807, 2.05) is 30.3 Å². The Bertz CT molecular complexity index is 818. The number of nitrogens with zero attached hydrogens (tertiary/aromatic N) is 1. The van der Waals surface area contributed by atoms with Crippen LogP contribution >= 0.6 is 15.9 Å². The third kappa shape index (κ3) is 5.89. The summed E-state index contributed by atoms with van der Waals surface area (Å²) in [5.41, 5.74) is 1.75. The van der Waals surface area contributed by atoms with Crippen molar-refractivity contribution in [1.29, 1.82) is 0 Å². The minimum absolute atomic E-state index is 0.0232. The summed E-state index contributed by atoms with van der Waals surface area (Å²) in [5, 5.41) is 3.05. The van der Waals surface area contributed by atoms with Gasteiger partial charge in [0.15, 0.2) is 0 Å². The lowest BCUT2D eigenvalue weighted by atomic mass is 9.75. The Morgan fingerprint density at radius 1 is 1.14 bits per heavy atom. The summed E-state index contributed by atoms with van der Waals surface area (Å²) in [6.45, 7) is 0.705. The molecular weight excluding hydrogens is 431 g/mol. The van der Waals surface area contributed by atoms with Gasteiger partial charge in [0.25, 0.3) is 5.91 Å². The first-order valence-corrected chi connectivity index (χ1v) is 11.2. The zero-order valence-corrected chi connectivity index (χ0v) is 18.8. The van der Waals surface area contributed by atoms with Crippen molar-refractivity contribution in [2.75, 3.05) is 20.6 Å². The lowest BCUT2D eigenvalue weighted by Gasteiger charge is -2.37. The molecule has 1 saturated carbocycles. The molecule has 1 atom stereocenters. The minimum Gasteiger partial charge on any atom is -0.352 e. The van der Waals surface area contributed by atoms with Gasteiger partial charge in [-0.15, -0.1) is 0 Å². The van der Waals surface area contributed by atoms with Crippen LogP contribution in [0.4, 0.5) is 4.39 Å². The van der Waals surface area contributed by atoms with E-state index < -0.39 is 0 Å². The van der Waals surface area contributed by atoms with Gasteiger partial charge < -0.3 is 10.2 Å². The van der Waals surface area contributed by atoms with E-state index in [9.17, 15) is 9.18 Å². The van der Waals surface area contributed by atoms with E-state index in [0.717, 1.165) is 42.1 Å². The van der Waals surface area contributed by atoms with E-state index in [1.165, 1.54) is 6.07 Å². The van der Waals surface area contributed by atoms with E-state index in [4.69, 9.17) is 0 Å². The summed E-state index contributed by atoms with van der Waals surface area (Å²) in [7, 11) is 4.16. The van der Waals surface area contributed by atoms with Crippen LogP contribution in [-0.2, 0) is 0 Å². The van der Waals surface area contributed by atoms with Crippen LogP contribution < -0.4 is 5.32 Å². The van der Waals surface area contributed by atoms with Gasteiger partial charge in [-0.25, -0.2) is 4.39 Å². The van der Waals surface area contributed by atoms with Crippen LogP contribution in [0.1, 0.15) is 54.1 Å². The molecule has 0 spiro atoms. The van der Waals surface area contributed by atoms with Crippen LogP contribution in [0, 0.1) is 17.7 Å². The Labute approximate surface area is 181 Å². The molecule has 1 amide bonds. The summed E-state index contributed by atoms with van der Waals surface area (Å²) in [6.07, 6.45) is 5.62. The maximum atomic E-state index is 13.7. The molecule has 1 aliphatic rings. The van der Waals surface area contributed by atoms with E-state index in [-0.39, 0.29) is 17.8 Å². The summed E-state index contributed by atoms with van der Waals surface area (Å²) in [5.74, 6) is 0.993. The fourth-order valence-corrected chi connectivity index (χ4v) is 5.07. The van der Waals surface area contributed by atoms with Crippen LogP contribution in [-0.4, -0.2) is 31.4 Å². The Balaban J connectivity index is 1.48. The molecule has 0 aliphatic heterocycles. The monoisotopic (exact) mass is 460 g/mol. The Hall–Kier alpha value is -1.72. The third-order valence-electron chi connectivity index (χ3n) is 6.04. The van der Waals surface area contributed by atoms with Crippen molar-refractivity contribution in [3.8, 4) is 0 Å². The second-order valence-electron chi connectivity index (χ2n) is 8.27. The van der Waals surface area contributed by atoms with Gasteiger partial charge in [0, 0.05) is 17.1 Å². The SMILES string of the molecule is CN(C)C(c1cccc(F)c1)C1CCC(CCNC(=O)c2ccccc2Br)CC1. The Morgan fingerprint density at radius 2 is 1.86 bits per heavy atom. The molecule has 0 aromatic heterocycles. The molecule has 0 heterocycles. The smallest absolute Gasteiger partial charge is 0.252 e. The first kappa shape index (κ1) is 22.0. The topological polar surface area (TPSA) is 32.3 Å². The molecule has 5 heteroatoms. The number of halogens is 2. The predicted molar refractivity (Wildman–Crippen MR) is 119 cm³/mol. The van der Waals surface area contributed by atoms with E-state index in [0.29, 0.717) is 23.9 Å². The molecule has 3 rings (SSSR count). The molecule has 1 aliphatic carbocycles. The van der Waals surface area contributed by atoms with Crippen molar-refractivity contribution >= 4 is 21.8 Å². The van der Waals surface area contributed by atoms with Gasteiger partial charge in [-0.1, -0.05) is 37.1 Å². The fourth-order valence-electron chi connectivity index (χ4n) is 4.61. The highest BCUT2D eigenvalue weighted by molar-refractivity contribution is 9.10. The molecule has 1 unspecified atom stereocenters. The number of hydrogen-bond acceptors (Lipinski definition) is 2. The zero-order chi connectivity index (χ0) is 20.8. The van der Waals surface area contributed by atoms with E-state index >= 15 is 0 Å². The molecule has 2 aromatic carbocycles. The van der Waals surface area contributed by atoms with Crippen LogP contribution in [0.3, 0.4) is 0 Å². The summed E-state index contributed by atoms with van der Waals surface area (Å²) in [4.78, 5) is 14.6. The lowest BCUT2D eigenvalue weighted by molar-refractivity contribution is 0.0946. The van der Waals surface area contributed by atoms with Crippen molar-refractivity contribution in [1.82, 2.24) is 10.2 Å². The van der Waals surface area contributed by atoms with E-state index in [2.05, 4.69) is 40.2 Å². The van der Waals surface area contributed by atoms with Crippen molar-refractivity contribution in [3.05, 3.63) is 69.9 Å². The number of carbonyl (C=O) groups is 1. The predicted octanol–water partition coefficient (Wildman–Crippen LogP) is 5.82. The van der Waals surface area contributed by atoms with Crippen molar-refractivity contribution < 1.29 is 9.18 Å². The van der Waals surface area contributed by atoms with Crippen molar-refractivity contribution in [2.24, 2.45) is 11.8 Å². The average Bonchev–Trinajstić information content (AvgIpc) is 2.69. The molecule has 0 radical (unpaired) electrons. The normalized spacial score (nSPS) is 20.4. The molecule has 0 bridgehead atoms. The standard InChI is InChI=1S/C24H30BrFN2O/c1-28(2)23(19-6-5-7-20(26)16-19)18-12-10-17(11-13-18)14-15-27-24(29)21-8-3-4-9-22(21)25/h3-9,16-18,23H,10-15H2,1-2H3,(H,27,29). The number of hydrogen-bond donors (Lipinski definition) is 1. The van der Waals surface area contributed by atoms with Gasteiger partial charge in [-0.05, 0) is 91.0 Å². The molecule has 3 nitrogen and oxygen atoms in total.